The van der Waals surface area contributed by atoms with E-state index in [9.17, 15) is 9.59 Å². The number of nitrogens with one attached hydrogen (secondary N) is 3. The molecule has 1 aromatic carbocycles. The molecule has 0 spiro atoms. The number of fused-ring (bicyclic) bond motifs is 1. The van der Waals surface area contributed by atoms with Crippen LogP contribution in [0.2, 0.25) is 0 Å². The second-order valence-electron chi connectivity index (χ2n) is 5.35. The van der Waals surface area contributed by atoms with E-state index in [0.29, 0.717) is 23.0 Å². The molecule has 1 aliphatic heterocycles. The normalized spacial score (nSPS) is 17.7. The first-order valence-corrected chi connectivity index (χ1v) is 7.70. The summed E-state index contributed by atoms with van der Waals surface area (Å²) in [6.07, 6.45) is 3.23. The van der Waals surface area contributed by atoms with Crippen LogP contribution in [0.15, 0.2) is 23.0 Å². The minimum atomic E-state index is -0.260. The summed E-state index contributed by atoms with van der Waals surface area (Å²) in [6, 6.07) is 4.89. The maximum atomic E-state index is 12.2. The SMILES string of the molecule is O=C(NCCC1CCCO1)c1ccc2c(=O)[nH]c(=S)[nH]c2c1. The van der Waals surface area contributed by atoms with Crippen LogP contribution in [-0.2, 0) is 4.74 Å². The van der Waals surface area contributed by atoms with Crippen molar-refractivity contribution >= 4 is 29.0 Å². The van der Waals surface area contributed by atoms with Crippen molar-refractivity contribution in [2.24, 2.45) is 0 Å². The minimum absolute atomic E-state index is 0.167. The van der Waals surface area contributed by atoms with Crippen molar-refractivity contribution in [2.45, 2.75) is 25.4 Å². The fourth-order valence-corrected chi connectivity index (χ4v) is 2.83. The number of aromatic amines is 2. The van der Waals surface area contributed by atoms with Crippen LogP contribution >= 0.6 is 12.2 Å². The Morgan fingerprint density at radius 3 is 3.05 bits per heavy atom. The number of hydrogen-bond acceptors (Lipinski definition) is 4. The van der Waals surface area contributed by atoms with Gasteiger partial charge in [-0.25, -0.2) is 0 Å². The summed E-state index contributed by atoms with van der Waals surface area (Å²) in [6.45, 7) is 1.39. The third-order valence-corrected chi connectivity index (χ3v) is 3.98. The lowest BCUT2D eigenvalue weighted by Gasteiger charge is -2.10. The third kappa shape index (κ3) is 3.26. The third-order valence-electron chi connectivity index (χ3n) is 3.78. The van der Waals surface area contributed by atoms with E-state index < -0.39 is 0 Å². The maximum Gasteiger partial charge on any atom is 0.259 e. The Kier molecular flexibility index (Phi) is 4.35. The van der Waals surface area contributed by atoms with Crippen molar-refractivity contribution in [2.75, 3.05) is 13.2 Å². The summed E-state index contributed by atoms with van der Waals surface area (Å²) >= 11 is 4.94. The molecule has 1 unspecified atom stereocenters. The van der Waals surface area contributed by atoms with E-state index in [1.807, 2.05) is 0 Å². The van der Waals surface area contributed by atoms with E-state index in [0.717, 1.165) is 25.9 Å². The van der Waals surface area contributed by atoms with E-state index >= 15 is 0 Å². The molecule has 0 radical (unpaired) electrons. The Morgan fingerprint density at radius 2 is 2.27 bits per heavy atom. The Labute approximate surface area is 131 Å². The highest BCUT2D eigenvalue weighted by atomic mass is 32.1. The zero-order chi connectivity index (χ0) is 15.5. The summed E-state index contributed by atoms with van der Waals surface area (Å²) in [5.41, 5.74) is 0.792. The number of carbonyl (C=O) groups excluding carboxylic acids is 1. The molecule has 3 rings (SSSR count). The number of H-pyrrole nitrogens is 2. The smallest absolute Gasteiger partial charge is 0.259 e. The summed E-state index contributed by atoms with van der Waals surface area (Å²) in [5, 5.41) is 3.35. The Morgan fingerprint density at radius 1 is 1.41 bits per heavy atom. The van der Waals surface area contributed by atoms with Gasteiger partial charge in [0, 0.05) is 18.7 Å². The molecular formula is C15H17N3O3S. The lowest BCUT2D eigenvalue weighted by Crippen LogP contribution is -2.27. The first-order valence-electron chi connectivity index (χ1n) is 7.29. The summed E-state index contributed by atoms with van der Waals surface area (Å²) in [7, 11) is 0. The van der Waals surface area contributed by atoms with Crippen LogP contribution < -0.4 is 10.9 Å². The van der Waals surface area contributed by atoms with Gasteiger partial charge in [-0.05, 0) is 49.7 Å². The first-order chi connectivity index (χ1) is 10.6. The molecular weight excluding hydrogens is 302 g/mol. The highest BCUT2D eigenvalue weighted by molar-refractivity contribution is 7.71. The van der Waals surface area contributed by atoms with Crippen LogP contribution in [0.1, 0.15) is 29.6 Å². The van der Waals surface area contributed by atoms with Crippen LogP contribution in [0.25, 0.3) is 10.9 Å². The van der Waals surface area contributed by atoms with Gasteiger partial charge in [0.05, 0.1) is 17.0 Å². The number of benzene rings is 1. The van der Waals surface area contributed by atoms with Gasteiger partial charge in [0.25, 0.3) is 11.5 Å². The standard InChI is InChI=1S/C15H17N3O3S/c19-13(16-6-5-10-2-1-7-21-10)9-3-4-11-12(8-9)17-15(22)18-14(11)20/h3-4,8,10H,1-2,5-7H2,(H,16,19)(H2,17,18,20,22). The summed E-state index contributed by atoms with van der Waals surface area (Å²) in [5.74, 6) is -0.167. The number of ether oxygens (including phenoxy) is 1. The van der Waals surface area contributed by atoms with Crippen LogP contribution in [0.4, 0.5) is 0 Å². The average Bonchev–Trinajstić information content (AvgIpc) is 2.99. The maximum absolute atomic E-state index is 12.2. The molecule has 2 heterocycles. The topological polar surface area (TPSA) is 87.0 Å². The second-order valence-corrected chi connectivity index (χ2v) is 5.76. The van der Waals surface area contributed by atoms with Crippen molar-refractivity contribution in [3.63, 3.8) is 0 Å². The molecule has 0 aliphatic carbocycles. The molecule has 1 atom stereocenters. The first kappa shape index (κ1) is 14.9. The Bertz CT molecular complexity index is 806. The highest BCUT2D eigenvalue weighted by Gasteiger charge is 2.15. The molecule has 0 bridgehead atoms. The highest BCUT2D eigenvalue weighted by Crippen LogP contribution is 2.14. The molecule has 0 saturated carbocycles. The van der Waals surface area contributed by atoms with Gasteiger partial charge in [-0.15, -0.1) is 0 Å². The predicted octanol–water partition coefficient (Wildman–Crippen LogP) is 1.88. The van der Waals surface area contributed by atoms with E-state index in [1.165, 1.54) is 0 Å². The van der Waals surface area contributed by atoms with Gasteiger partial charge in [0.2, 0.25) is 0 Å². The molecule has 1 fully saturated rings. The monoisotopic (exact) mass is 319 g/mol. The van der Waals surface area contributed by atoms with E-state index in [-0.39, 0.29) is 22.3 Å². The molecule has 116 valence electrons. The van der Waals surface area contributed by atoms with Gasteiger partial charge in [0.15, 0.2) is 4.77 Å². The Hall–Kier alpha value is -1.99. The van der Waals surface area contributed by atoms with Crippen molar-refractivity contribution < 1.29 is 9.53 Å². The zero-order valence-electron chi connectivity index (χ0n) is 12.0. The van der Waals surface area contributed by atoms with E-state index in [2.05, 4.69) is 15.3 Å². The lowest BCUT2D eigenvalue weighted by molar-refractivity contribution is 0.0907. The Balaban J connectivity index is 1.70. The number of hydrogen-bond donors (Lipinski definition) is 3. The second kappa shape index (κ2) is 6.41. The van der Waals surface area contributed by atoms with Crippen molar-refractivity contribution in [1.29, 1.82) is 0 Å². The van der Waals surface area contributed by atoms with Crippen LogP contribution in [0.5, 0.6) is 0 Å². The molecule has 6 nitrogen and oxygen atoms in total. The fraction of sp³-hybridized carbons (Fsp3) is 0.400. The van der Waals surface area contributed by atoms with Gasteiger partial charge in [0.1, 0.15) is 0 Å². The fourth-order valence-electron chi connectivity index (χ4n) is 2.63. The number of aromatic nitrogens is 2. The quantitative estimate of drug-likeness (QED) is 0.751. The van der Waals surface area contributed by atoms with Crippen molar-refractivity contribution in [1.82, 2.24) is 15.3 Å². The average molecular weight is 319 g/mol. The molecule has 3 N–H and O–H groups in total. The van der Waals surface area contributed by atoms with Crippen molar-refractivity contribution in [3.05, 3.63) is 38.9 Å². The molecule has 22 heavy (non-hydrogen) atoms. The van der Waals surface area contributed by atoms with Gasteiger partial charge >= 0.3 is 0 Å². The summed E-state index contributed by atoms with van der Waals surface area (Å²) < 4.78 is 5.76. The molecule has 1 saturated heterocycles. The van der Waals surface area contributed by atoms with E-state index in [1.54, 1.807) is 18.2 Å². The molecule has 2 aromatic rings. The lowest BCUT2D eigenvalue weighted by atomic mass is 10.1. The van der Waals surface area contributed by atoms with Gasteiger partial charge < -0.3 is 15.0 Å². The molecule has 1 aromatic heterocycles. The summed E-state index contributed by atoms with van der Waals surface area (Å²) in [4.78, 5) is 29.3. The number of amides is 1. The predicted molar refractivity (Wildman–Crippen MR) is 85.7 cm³/mol. The minimum Gasteiger partial charge on any atom is -0.378 e. The largest absolute Gasteiger partial charge is 0.378 e. The van der Waals surface area contributed by atoms with Crippen LogP contribution in [0.3, 0.4) is 0 Å². The van der Waals surface area contributed by atoms with Crippen LogP contribution in [0, 0.1) is 4.77 Å². The zero-order valence-corrected chi connectivity index (χ0v) is 12.8. The molecule has 1 aliphatic rings. The van der Waals surface area contributed by atoms with Gasteiger partial charge in [-0.2, -0.15) is 0 Å². The number of carbonyl (C=O) groups is 1. The number of rotatable bonds is 4. The van der Waals surface area contributed by atoms with Gasteiger partial charge in [-0.1, -0.05) is 0 Å². The molecule has 1 amide bonds. The van der Waals surface area contributed by atoms with Crippen LogP contribution in [-0.4, -0.2) is 35.1 Å². The molecule has 7 heteroatoms. The van der Waals surface area contributed by atoms with E-state index in [4.69, 9.17) is 17.0 Å². The van der Waals surface area contributed by atoms with Gasteiger partial charge in [-0.3, -0.25) is 14.6 Å². The van der Waals surface area contributed by atoms with Crippen molar-refractivity contribution in [3.8, 4) is 0 Å².